The van der Waals surface area contributed by atoms with Crippen LogP contribution in [0.2, 0.25) is 0 Å². The van der Waals surface area contributed by atoms with Gasteiger partial charge in [0.15, 0.2) is 0 Å². The van der Waals surface area contributed by atoms with Gasteiger partial charge in [0, 0.05) is 18.2 Å². The Balaban J connectivity index is 1.73. The van der Waals surface area contributed by atoms with Crippen LogP contribution in [-0.4, -0.2) is 50.0 Å². The van der Waals surface area contributed by atoms with Crippen molar-refractivity contribution in [1.29, 1.82) is 0 Å². The third-order valence-electron chi connectivity index (χ3n) is 5.46. The molecule has 11 heteroatoms. The fourth-order valence-corrected chi connectivity index (χ4v) is 4.06. The number of benzene rings is 2. The summed E-state index contributed by atoms with van der Waals surface area (Å²) < 4.78 is 75.3. The molecule has 1 saturated heterocycles. The molecule has 0 radical (unpaired) electrons. The van der Waals surface area contributed by atoms with Crippen LogP contribution in [0.1, 0.15) is 24.8 Å². The first-order valence-corrected chi connectivity index (χ1v) is 11.4. The topological polar surface area (TPSA) is 92.5 Å². The molecule has 2 aromatic carbocycles. The molecule has 0 aliphatic carbocycles. The number of carbonyl (C=O) groups is 1. The highest BCUT2D eigenvalue weighted by Gasteiger charge is 2.46. The van der Waals surface area contributed by atoms with Crippen LogP contribution in [0, 0.1) is 0 Å². The maximum atomic E-state index is 13.4. The number of anilines is 1. The van der Waals surface area contributed by atoms with Crippen molar-refractivity contribution in [2.45, 2.75) is 37.0 Å². The van der Waals surface area contributed by atoms with Crippen LogP contribution in [0.3, 0.4) is 0 Å². The first-order valence-electron chi connectivity index (χ1n) is 9.87. The molecule has 3 N–H and O–H groups in total. The molecule has 1 aliphatic rings. The Morgan fingerprint density at radius 1 is 1.16 bits per heavy atom. The SMILES string of the molecule is C[C@@H](c1ccc(-c2cccc(NS(=O)(=O)C(F)(F)F)c2)cc1)[C@H](N)C(=O)N1CC[C@H](F)C1. The predicted molar refractivity (Wildman–Crippen MR) is 113 cm³/mol. The van der Waals surface area contributed by atoms with E-state index in [0.29, 0.717) is 24.1 Å². The fraction of sp³-hybridized carbons (Fsp3) is 0.381. The Morgan fingerprint density at radius 2 is 1.81 bits per heavy atom. The number of halogens is 4. The van der Waals surface area contributed by atoms with Gasteiger partial charge in [-0.05, 0) is 35.2 Å². The van der Waals surface area contributed by atoms with Crippen LogP contribution in [0.25, 0.3) is 11.1 Å². The van der Waals surface area contributed by atoms with E-state index >= 15 is 0 Å². The van der Waals surface area contributed by atoms with E-state index in [9.17, 15) is 30.8 Å². The summed E-state index contributed by atoms with van der Waals surface area (Å²) >= 11 is 0. The molecule has 3 atom stereocenters. The third-order valence-corrected chi connectivity index (χ3v) is 6.57. The lowest BCUT2D eigenvalue weighted by Crippen LogP contribution is -2.45. The van der Waals surface area contributed by atoms with Crippen LogP contribution < -0.4 is 10.5 Å². The number of nitrogens with zero attached hydrogens (tertiary/aromatic N) is 1. The van der Waals surface area contributed by atoms with Crippen LogP contribution in [0.15, 0.2) is 48.5 Å². The number of hydrogen-bond acceptors (Lipinski definition) is 4. The number of alkyl halides is 4. The van der Waals surface area contributed by atoms with Gasteiger partial charge in [-0.1, -0.05) is 43.3 Å². The predicted octanol–water partition coefficient (Wildman–Crippen LogP) is 3.62. The molecule has 3 rings (SSSR count). The van der Waals surface area contributed by atoms with Crippen LogP contribution >= 0.6 is 0 Å². The van der Waals surface area contributed by atoms with Gasteiger partial charge in [0.1, 0.15) is 6.17 Å². The van der Waals surface area contributed by atoms with Gasteiger partial charge in [0.25, 0.3) is 0 Å². The molecule has 1 aliphatic heterocycles. The minimum absolute atomic E-state index is 0.0482. The number of nitrogens with two attached hydrogens (primary N) is 1. The zero-order valence-electron chi connectivity index (χ0n) is 17.1. The van der Waals surface area contributed by atoms with Gasteiger partial charge in [-0.15, -0.1) is 0 Å². The second-order valence-electron chi connectivity index (χ2n) is 7.74. The van der Waals surface area contributed by atoms with E-state index in [-0.39, 0.29) is 24.1 Å². The number of likely N-dealkylation sites (tertiary alicyclic amines) is 1. The third kappa shape index (κ3) is 5.21. The second-order valence-corrected chi connectivity index (χ2v) is 9.41. The van der Waals surface area contributed by atoms with Crippen molar-refractivity contribution < 1.29 is 30.8 Å². The number of sulfonamides is 1. The van der Waals surface area contributed by atoms with Crippen molar-refractivity contribution in [3.8, 4) is 11.1 Å². The maximum absolute atomic E-state index is 13.4. The van der Waals surface area contributed by atoms with Gasteiger partial charge in [-0.2, -0.15) is 21.6 Å². The smallest absolute Gasteiger partial charge is 0.338 e. The average Bonchev–Trinajstić information content (AvgIpc) is 3.17. The lowest BCUT2D eigenvalue weighted by atomic mass is 9.91. The van der Waals surface area contributed by atoms with Crippen molar-refractivity contribution in [2.24, 2.45) is 5.73 Å². The van der Waals surface area contributed by atoms with Crippen molar-refractivity contribution in [2.75, 3.05) is 17.8 Å². The fourth-order valence-electron chi connectivity index (χ4n) is 3.50. The highest BCUT2D eigenvalue weighted by Crippen LogP contribution is 2.29. The molecular weight excluding hydrogens is 450 g/mol. The molecule has 0 aromatic heterocycles. The monoisotopic (exact) mass is 473 g/mol. The van der Waals surface area contributed by atoms with Gasteiger partial charge >= 0.3 is 15.5 Å². The molecule has 0 spiro atoms. The van der Waals surface area contributed by atoms with Crippen molar-refractivity contribution in [3.05, 3.63) is 54.1 Å². The van der Waals surface area contributed by atoms with Gasteiger partial charge in [0.05, 0.1) is 12.6 Å². The Kier molecular flexibility index (Phi) is 6.80. The number of rotatable bonds is 6. The van der Waals surface area contributed by atoms with E-state index in [2.05, 4.69) is 0 Å². The molecule has 2 aromatic rings. The van der Waals surface area contributed by atoms with E-state index in [4.69, 9.17) is 5.73 Å². The first kappa shape index (κ1) is 24.0. The number of carbonyl (C=O) groups excluding carboxylic acids is 1. The standard InChI is InChI=1S/C21H23F4N3O3S/c1-13(19(26)20(29)28-10-9-17(22)12-28)14-5-7-15(8-6-14)16-3-2-4-18(11-16)27-32(30,31)21(23,24)25/h2-8,11,13,17,19,27H,9-10,12,26H2,1H3/t13-,17-,19-/m0/s1. The molecule has 0 saturated carbocycles. The van der Waals surface area contributed by atoms with Crippen LogP contribution in [0.5, 0.6) is 0 Å². The largest absolute Gasteiger partial charge is 0.516 e. The molecule has 1 fully saturated rings. The first-order chi connectivity index (χ1) is 14.9. The Hall–Kier alpha value is -2.66. The summed E-state index contributed by atoms with van der Waals surface area (Å²) in [5.74, 6) is -0.661. The van der Waals surface area contributed by atoms with Crippen molar-refractivity contribution in [3.63, 3.8) is 0 Å². The molecule has 1 heterocycles. The van der Waals surface area contributed by atoms with Gasteiger partial charge in [-0.3, -0.25) is 9.52 Å². The normalized spacial score (nSPS) is 18.9. The summed E-state index contributed by atoms with van der Waals surface area (Å²) in [4.78, 5) is 13.9. The highest BCUT2D eigenvalue weighted by molar-refractivity contribution is 7.93. The minimum atomic E-state index is -5.52. The van der Waals surface area contributed by atoms with E-state index in [0.717, 1.165) is 5.56 Å². The molecule has 1 amide bonds. The van der Waals surface area contributed by atoms with Crippen molar-refractivity contribution in [1.82, 2.24) is 4.90 Å². The number of amides is 1. The number of hydrogen-bond donors (Lipinski definition) is 2. The van der Waals surface area contributed by atoms with E-state index < -0.39 is 27.7 Å². The lowest BCUT2D eigenvalue weighted by molar-refractivity contribution is -0.132. The van der Waals surface area contributed by atoms with Gasteiger partial charge in [0.2, 0.25) is 5.91 Å². The van der Waals surface area contributed by atoms with Crippen LogP contribution in [-0.2, 0) is 14.8 Å². The maximum Gasteiger partial charge on any atom is 0.516 e. The summed E-state index contributed by atoms with van der Waals surface area (Å²) in [6, 6.07) is 11.6. The molecule has 32 heavy (non-hydrogen) atoms. The summed E-state index contributed by atoms with van der Waals surface area (Å²) in [6.45, 7) is 2.17. The zero-order valence-corrected chi connectivity index (χ0v) is 18.0. The van der Waals surface area contributed by atoms with E-state index in [1.54, 1.807) is 37.3 Å². The quantitative estimate of drug-likeness (QED) is 0.627. The minimum Gasteiger partial charge on any atom is -0.338 e. The summed E-state index contributed by atoms with van der Waals surface area (Å²) in [7, 11) is -5.52. The lowest BCUT2D eigenvalue weighted by Gasteiger charge is -2.25. The Bertz CT molecular complexity index is 1070. The van der Waals surface area contributed by atoms with E-state index in [1.165, 1.54) is 27.8 Å². The second kappa shape index (κ2) is 9.07. The zero-order chi connectivity index (χ0) is 23.7. The Morgan fingerprint density at radius 3 is 2.38 bits per heavy atom. The summed E-state index contributed by atoms with van der Waals surface area (Å²) in [5.41, 5.74) is 2.36. The van der Waals surface area contributed by atoms with Crippen LogP contribution in [0.4, 0.5) is 23.2 Å². The van der Waals surface area contributed by atoms with Gasteiger partial charge in [-0.25, -0.2) is 4.39 Å². The average molecular weight is 473 g/mol. The molecule has 0 unspecified atom stereocenters. The highest BCUT2D eigenvalue weighted by atomic mass is 32.2. The molecule has 6 nitrogen and oxygen atoms in total. The number of nitrogens with one attached hydrogen (secondary N) is 1. The Labute approximate surface area is 183 Å². The molecule has 174 valence electrons. The van der Waals surface area contributed by atoms with Gasteiger partial charge < -0.3 is 10.6 Å². The van der Waals surface area contributed by atoms with E-state index in [1.807, 2.05) is 0 Å². The molecule has 0 bridgehead atoms. The van der Waals surface area contributed by atoms with Crippen molar-refractivity contribution >= 4 is 21.6 Å². The summed E-state index contributed by atoms with van der Waals surface area (Å²) in [6.07, 6.45) is -0.725. The molecular formula is C21H23F4N3O3S. The summed E-state index contributed by atoms with van der Waals surface area (Å²) in [5, 5.41) is 0.